The molecule has 0 radical (unpaired) electrons. The molecule has 196 valence electrons. The fourth-order valence-electron chi connectivity index (χ4n) is 4.94. The summed E-state index contributed by atoms with van der Waals surface area (Å²) in [5.41, 5.74) is 0.571. The van der Waals surface area contributed by atoms with E-state index < -0.39 is 23.5 Å². The first-order valence-electron chi connectivity index (χ1n) is 12.3. The van der Waals surface area contributed by atoms with Crippen LogP contribution in [0.5, 0.6) is 0 Å². The highest BCUT2D eigenvalue weighted by atomic mass is 35.5. The van der Waals surface area contributed by atoms with Gasteiger partial charge in [-0.15, -0.1) is 0 Å². The molecule has 5 rings (SSSR count). The Kier molecular flexibility index (Phi) is 7.40. The van der Waals surface area contributed by atoms with E-state index in [0.717, 1.165) is 5.56 Å². The third-order valence-electron chi connectivity index (χ3n) is 7.01. The molecular formula is C28H26ClFN4O4. The molecule has 0 bridgehead atoms. The summed E-state index contributed by atoms with van der Waals surface area (Å²) in [5.74, 6) is -1.38. The molecule has 3 amide bonds. The molecule has 0 saturated carbocycles. The van der Waals surface area contributed by atoms with Crippen LogP contribution in [0.2, 0.25) is 5.02 Å². The predicted octanol–water partition coefficient (Wildman–Crippen LogP) is 3.66. The van der Waals surface area contributed by atoms with Gasteiger partial charge < -0.3 is 15.0 Å². The number of amides is 3. The fourth-order valence-corrected chi connectivity index (χ4v) is 5.07. The molecule has 2 aliphatic heterocycles. The zero-order valence-electron chi connectivity index (χ0n) is 20.5. The Hall–Kier alpha value is -3.82. The van der Waals surface area contributed by atoms with Gasteiger partial charge in [-0.2, -0.15) is 0 Å². The molecule has 38 heavy (non-hydrogen) atoms. The zero-order chi connectivity index (χ0) is 26.7. The largest absolute Gasteiger partial charge is 0.353 e. The lowest BCUT2D eigenvalue weighted by molar-refractivity contribution is -0.128. The molecule has 2 saturated heterocycles. The predicted molar refractivity (Wildman–Crippen MR) is 138 cm³/mol. The highest BCUT2D eigenvalue weighted by Crippen LogP contribution is 2.39. The topological polar surface area (TPSA) is 91.8 Å². The first-order chi connectivity index (χ1) is 18.4. The SMILES string of the molecule is O=C(NCc1ccncc1)[C@@H]1COC2(CCN(C(=O)c3ccc(Cl)cc3)CC2)N1C(=O)c1ccc(F)cc1. The van der Waals surface area contributed by atoms with Crippen molar-refractivity contribution >= 4 is 29.3 Å². The van der Waals surface area contributed by atoms with Crippen molar-refractivity contribution in [2.75, 3.05) is 19.7 Å². The van der Waals surface area contributed by atoms with E-state index in [4.69, 9.17) is 16.3 Å². The number of rotatable bonds is 5. The molecule has 8 nitrogen and oxygen atoms in total. The highest BCUT2D eigenvalue weighted by molar-refractivity contribution is 6.30. The normalized spacial score (nSPS) is 18.4. The van der Waals surface area contributed by atoms with Crippen LogP contribution in [0.25, 0.3) is 0 Å². The third kappa shape index (κ3) is 5.25. The second kappa shape index (κ2) is 10.9. The standard InChI is InChI=1S/C28H26ClFN4O4/c29-22-5-1-20(2-6-22)26(36)33-15-11-28(12-16-33)34(27(37)21-3-7-23(30)8-4-21)24(18-38-28)25(35)32-17-19-9-13-31-14-10-19/h1-10,13-14,24H,11-12,15-18H2,(H,32,35)/t24-/m0/s1. The van der Waals surface area contributed by atoms with E-state index in [1.54, 1.807) is 53.7 Å². The molecule has 2 aliphatic rings. The van der Waals surface area contributed by atoms with E-state index in [-0.39, 0.29) is 30.5 Å². The van der Waals surface area contributed by atoms with E-state index in [0.29, 0.717) is 36.5 Å². The van der Waals surface area contributed by atoms with Gasteiger partial charge >= 0.3 is 0 Å². The number of carbonyl (C=O) groups is 3. The van der Waals surface area contributed by atoms with Crippen LogP contribution in [0, 0.1) is 5.82 Å². The van der Waals surface area contributed by atoms with Crippen molar-refractivity contribution in [2.24, 2.45) is 0 Å². The monoisotopic (exact) mass is 536 g/mol. The van der Waals surface area contributed by atoms with Crippen molar-refractivity contribution in [1.29, 1.82) is 0 Å². The molecule has 3 heterocycles. The van der Waals surface area contributed by atoms with Crippen LogP contribution in [0.15, 0.2) is 73.1 Å². The lowest BCUT2D eigenvalue weighted by Crippen LogP contribution is -2.59. The Balaban J connectivity index is 1.36. The quantitative estimate of drug-likeness (QED) is 0.537. The Bertz CT molecular complexity index is 1310. The van der Waals surface area contributed by atoms with Gasteiger partial charge in [0.15, 0.2) is 0 Å². The van der Waals surface area contributed by atoms with Gasteiger partial charge in [0, 0.05) is 61.0 Å². The summed E-state index contributed by atoms with van der Waals surface area (Å²) in [6.07, 6.45) is 3.93. The van der Waals surface area contributed by atoms with E-state index in [2.05, 4.69) is 10.3 Å². The van der Waals surface area contributed by atoms with Gasteiger partial charge in [-0.1, -0.05) is 11.6 Å². The minimum Gasteiger partial charge on any atom is -0.353 e. The number of ether oxygens (including phenoxy) is 1. The summed E-state index contributed by atoms with van der Waals surface area (Å²) in [6.45, 7) is 0.951. The van der Waals surface area contributed by atoms with E-state index in [1.807, 2.05) is 0 Å². The summed E-state index contributed by atoms with van der Waals surface area (Å²) in [7, 11) is 0. The Labute approximate surface area is 224 Å². The van der Waals surface area contributed by atoms with E-state index in [1.165, 1.54) is 29.2 Å². The minimum atomic E-state index is -1.07. The number of likely N-dealkylation sites (tertiary alicyclic amines) is 1. The molecule has 2 aromatic carbocycles. The minimum absolute atomic E-state index is 0.0141. The third-order valence-corrected chi connectivity index (χ3v) is 7.26. The first kappa shape index (κ1) is 25.8. The molecule has 10 heteroatoms. The number of piperidine rings is 1. The van der Waals surface area contributed by atoms with Crippen molar-refractivity contribution in [3.05, 3.63) is 101 Å². The van der Waals surface area contributed by atoms with Crippen LogP contribution in [0.1, 0.15) is 39.1 Å². The fraction of sp³-hybridized carbons (Fsp3) is 0.286. The maximum Gasteiger partial charge on any atom is 0.256 e. The second-order valence-electron chi connectivity index (χ2n) is 9.33. The van der Waals surface area contributed by atoms with Crippen LogP contribution in [0.3, 0.4) is 0 Å². The van der Waals surface area contributed by atoms with Gasteiger partial charge in [0.25, 0.3) is 11.8 Å². The maximum atomic E-state index is 13.7. The molecule has 1 aromatic heterocycles. The van der Waals surface area contributed by atoms with Crippen molar-refractivity contribution in [3.63, 3.8) is 0 Å². The summed E-state index contributed by atoms with van der Waals surface area (Å²) < 4.78 is 19.8. The molecule has 1 atom stereocenters. The Morgan fingerprint density at radius 1 is 0.947 bits per heavy atom. The number of aromatic nitrogens is 1. The van der Waals surface area contributed by atoms with Crippen LogP contribution < -0.4 is 5.32 Å². The van der Waals surface area contributed by atoms with Crippen molar-refractivity contribution < 1.29 is 23.5 Å². The molecule has 1 N–H and O–H groups in total. The molecule has 3 aromatic rings. The van der Waals surface area contributed by atoms with Gasteiger partial charge in [0.05, 0.1) is 6.61 Å². The maximum absolute atomic E-state index is 13.7. The van der Waals surface area contributed by atoms with Crippen LogP contribution in [-0.2, 0) is 16.1 Å². The van der Waals surface area contributed by atoms with Crippen molar-refractivity contribution in [1.82, 2.24) is 20.1 Å². The van der Waals surface area contributed by atoms with Gasteiger partial charge in [-0.05, 0) is 66.2 Å². The molecule has 2 fully saturated rings. The van der Waals surface area contributed by atoms with Gasteiger partial charge in [0.1, 0.15) is 17.6 Å². The average molecular weight is 537 g/mol. The van der Waals surface area contributed by atoms with Gasteiger partial charge in [0.2, 0.25) is 5.91 Å². The molecule has 1 spiro atoms. The van der Waals surface area contributed by atoms with Crippen molar-refractivity contribution in [2.45, 2.75) is 31.2 Å². The number of nitrogens with zero attached hydrogens (tertiary/aromatic N) is 3. The number of nitrogens with one attached hydrogen (secondary N) is 1. The summed E-state index contributed by atoms with van der Waals surface area (Å²) in [4.78, 5) is 47.2. The first-order valence-corrected chi connectivity index (χ1v) is 12.7. The Morgan fingerprint density at radius 3 is 2.21 bits per heavy atom. The van der Waals surface area contributed by atoms with Crippen LogP contribution in [0.4, 0.5) is 4.39 Å². The van der Waals surface area contributed by atoms with Gasteiger partial charge in [-0.3, -0.25) is 24.3 Å². The lowest BCUT2D eigenvalue weighted by atomic mass is 9.96. The number of carbonyl (C=O) groups excluding carboxylic acids is 3. The Morgan fingerprint density at radius 2 is 1.55 bits per heavy atom. The summed E-state index contributed by atoms with van der Waals surface area (Å²) in [6, 6.07) is 14.6. The number of hydrogen-bond acceptors (Lipinski definition) is 5. The lowest BCUT2D eigenvalue weighted by Gasteiger charge is -2.44. The van der Waals surface area contributed by atoms with Gasteiger partial charge in [-0.25, -0.2) is 4.39 Å². The highest BCUT2D eigenvalue weighted by Gasteiger charge is 2.54. The summed E-state index contributed by atoms with van der Waals surface area (Å²) in [5, 5.41) is 3.43. The summed E-state index contributed by atoms with van der Waals surface area (Å²) >= 11 is 5.95. The number of hydrogen-bond donors (Lipinski definition) is 1. The van der Waals surface area contributed by atoms with E-state index >= 15 is 0 Å². The molecular weight excluding hydrogens is 511 g/mol. The zero-order valence-corrected chi connectivity index (χ0v) is 21.2. The average Bonchev–Trinajstić information content (AvgIpc) is 3.31. The van der Waals surface area contributed by atoms with Crippen LogP contribution >= 0.6 is 11.6 Å². The van der Waals surface area contributed by atoms with E-state index in [9.17, 15) is 18.8 Å². The number of pyridine rings is 1. The smallest absolute Gasteiger partial charge is 0.256 e. The second-order valence-corrected chi connectivity index (χ2v) is 9.76. The number of halogens is 2. The number of benzene rings is 2. The van der Waals surface area contributed by atoms with Crippen LogP contribution in [-0.4, -0.2) is 64.0 Å². The molecule has 0 aliphatic carbocycles. The molecule has 0 unspecified atom stereocenters. The van der Waals surface area contributed by atoms with Crippen molar-refractivity contribution in [3.8, 4) is 0 Å².